The minimum Gasteiger partial charge on any atom is -0.383 e. The minimum absolute atomic E-state index is 0.459. The molecule has 0 amide bonds. The average molecular weight is 273 g/mol. The summed E-state index contributed by atoms with van der Waals surface area (Å²) in [6, 6.07) is 0.459. The smallest absolute Gasteiger partial charge is 0.136 e. The molecule has 15 heavy (non-hydrogen) atoms. The van der Waals surface area contributed by atoms with Crippen LogP contribution in [0.3, 0.4) is 0 Å². The number of nitrogens with two attached hydrogens (primary N) is 1. The maximum Gasteiger partial charge on any atom is 0.136 e. The van der Waals surface area contributed by atoms with Gasteiger partial charge in [-0.3, -0.25) is 0 Å². The first-order valence-electron chi connectivity index (χ1n) is 5.35. The van der Waals surface area contributed by atoms with Gasteiger partial charge >= 0.3 is 0 Å². The molecule has 4 nitrogen and oxygen atoms in total. The van der Waals surface area contributed by atoms with E-state index in [-0.39, 0.29) is 0 Å². The van der Waals surface area contributed by atoms with Gasteiger partial charge < -0.3 is 10.6 Å². The Morgan fingerprint density at radius 3 is 2.93 bits per heavy atom. The molecule has 84 valence electrons. The monoisotopic (exact) mass is 272 g/mol. The van der Waals surface area contributed by atoms with Crippen LogP contribution in [0, 0.1) is 0 Å². The first-order valence-corrected chi connectivity index (χ1v) is 6.15. The number of hydrogen-bond donors (Lipinski definition) is 1. The van der Waals surface area contributed by atoms with Crippen LogP contribution in [-0.4, -0.2) is 34.8 Å². The summed E-state index contributed by atoms with van der Waals surface area (Å²) in [5.41, 5.74) is 5.96. The quantitative estimate of drug-likeness (QED) is 0.850. The van der Waals surface area contributed by atoms with Crippen molar-refractivity contribution in [1.82, 2.24) is 14.7 Å². The summed E-state index contributed by atoms with van der Waals surface area (Å²) >= 11 is 3.40. The highest BCUT2D eigenvalue weighted by Crippen LogP contribution is 2.27. The molecule has 1 fully saturated rings. The molecule has 1 unspecified atom stereocenters. The second-order valence-corrected chi connectivity index (χ2v) is 5.06. The van der Waals surface area contributed by atoms with E-state index in [1.54, 1.807) is 6.20 Å². The molecule has 0 aromatic carbocycles. The van der Waals surface area contributed by atoms with Crippen molar-refractivity contribution in [2.45, 2.75) is 25.3 Å². The van der Waals surface area contributed by atoms with E-state index in [4.69, 9.17) is 5.73 Å². The van der Waals surface area contributed by atoms with Crippen molar-refractivity contribution in [3.05, 3.63) is 10.7 Å². The van der Waals surface area contributed by atoms with Crippen molar-refractivity contribution < 1.29 is 0 Å². The predicted octanol–water partition coefficient (Wildman–Crippen LogP) is 1.88. The molecule has 1 aliphatic heterocycles. The maximum atomic E-state index is 5.96. The predicted molar refractivity (Wildman–Crippen MR) is 64.7 cm³/mol. The highest BCUT2D eigenvalue weighted by atomic mass is 79.9. The lowest BCUT2D eigenvalue weighted by Crippen LogP contribution is -2.20. The number of aromatic nitrogens is 2. The van der Waals surface area contributed by atoms with Crippen molar-refractivity contribution in [1.29, 1.82) is 0 Å². The highest BCUT2D eigenvalue weighted by Gasteiger charge is 2.19. The van der Waals surface area contributed by atoms with Gasteiger partial charge in [-0.05, 0) is 55.3 Å². The Hall–Kier alpha value is -0.550. The third-order valence-corrected chi connectivity index (χ3v) is 3.67. The van der Waals surface area contributed by atoms with Crippen molar-refractivity contribution in [2.75, 3.05) is 25.9 Å². The van der Waals surface area contributed by atoms with Gasteiger partial charge in [0, 0.05) is 0 Å². The fraction of sp³-hybridized carbons (Fsp3) is 0.700. The van der Waals surface area contributed by atoms with E-state index in [1.165, 1.54) is 19.4 Å². The van der Waals surface area contributed by atoms with E-state index in [0.717, 1.165) is 23.3 Å². The van der Waals surface area contributed by atoms with E-state index in [2.05, 4.69) is 33.0 Å². The first kappa shape index (κ1) is 11.0. The Balaban J connectivity index is 2.13. The SMILES string of the molecule is CN1CCCC(n2ncc(Br)c2N)CC1. The lowest BCUT2D eigenvalue weighted by Gasteiger charge is -2.16. The zero-order valence-corrected chi connectivity index (χ0v) is 10.6. The number of rotatable bonds is 1. The summed E-state index contributed by atoms with van der Waals surface area (Å²) in [7, 11) is 2.17. The van der Waals surface area contributed by atoms with Crippen LogP contribution in [0.4, 0.5) is 5.82 Å². The molecule has 0 aliphatic carbocycles. The Morgan fingerprint density at radius 1 is 1.47 bits per heavy atom. The number of halogens is 1. The van der Waals surface area contributed by atoms with Gasteiger partial charge in [0.25, 0.3) is 0 Å². The molecule has 0 spiro atoms. The van der Waals surface area contributed by atoms with Crippen LogP contribution < -0.4 is 5.73 Å². The molecule has 0 radical (unpaired) electrons. The Kier molecular flexibility index (Phi) is 3.31. The molecule has 2 rings (SSSR count). The second kappa shape index (κ2) is 4.53. The van der Waals surface area contributed by atoms with Crippen molar-refractivity contribution in [2.24, 2.45) is 0 Å². The first-order chi connectivity index (χ1) is 7.18. The zero-order valence-electron chi connectivity index (χ0n) is 8.99. The van der Waals surface area contributed by atoms with Crippen LogP contribution >= 0.6 is 15.9 Å². The van der Waals surface area contributed by atoms with E-state index < -0.39 is 0 Å². The van der Waals surface area contributed by atoms with Crippen molar-refractivity contribution in [3.63, 3.8) is 0 Å². The summed E-state index contributed by atoms with van der Waals surface area (Å²) in [5, 5.41) is 4.33. The van der Waals surface area contributed by atoms with Crippen molar-refractivity contribution in [3.8, 4) is 0 Å². The van der Waals surface area contributed by atoms with Crippen LogP contribution in [0.1, 0.15) is 25.3 Å². The standard InChI is InChI=1S/C10H17BrN4/c1-14-5-2-3-8(4-6-14)15-10(12)9(11)7-13-15/h7-8H,2-6,12H2,1H3. The van der Waals surface area contributed by atoms with E-state index in [0.29, 0.717) is 6.04 Å². The molecule has 2 heterocycles. The van der Waals surface area contributed by atoms with Gasteiger partial charge in [-0.2, -0.15) is 5.10 Å². The summed E-state index contributed by atoms with van der Waals surface area (Å²) in [6.07, 6.45) is 5.31. The van der Waals surface area contributed by atoms with Gasteiger partial charge in [-0.1, -0.05) is 0 Å². The van der Waals surface area contributed by atoms with E-state index in [9.17, 15) is 0 Å². The molecular formula is C10H17BrN4. The van der Waals surface area contributed by atoms with Gasteiger partial charge in [0.2, 0.25) is 0 Å². The molecule has 1 aliphatic rings. The molecule has 2 N–H and O–H groups in total. The summed E-state index contributed by atoms with van der Waals surface area (Å²) in [6.45, 7) is 2.31. The van der Waals surface area contributed by atoms with Crippen LogP contribution in [0.15, 0.2) is 10.7 Å². The number of nitrogen functional groups attached to an aromatic ring is 1. The molecule has 5 heteroatoms. The highest BCUT2D eigenvalue weighted by molar-refractivity contribution is 9.10. The van der Waals surface area contributed by atoms with Gasteiger partial charge in [0.15, 0.2) is 0 Å². The Labute approximate surface area is 98.6 Å². The number of nitrogens with zero attached hydrogens (tertiary/aromatic N) is 3. The van der Waals surface area contributed by atoms with Gasteiger partial charge in [-0.15, -0.1) is 0 Å². The summed E-state index contributed by atoms with van der Waals surface area (Å²) < 4.78 is 2.86. The van der Waals surface area contributed by atoms with E-state index in [1.807, 2.05) is 4.68 Å². The van der Waals surface area contributed by atoms with Crippen LogP contribution in [0.2, 0.25) is 0 Å². The molecule has 0 saturated carbocycles. The lowest BCUT2D eigenvalue weighted by atomic mass is 10.1. The summed E-state index contributed by atoms with van der Waals surface area (Å²) in [5.74, 6) is 0.754. The second-order valence-electron chi connectivity index (χ2n) is 4.21. The van der Waals surface area contributed by atoms with Crippen LogP contribution in [0.5, 0.6) is 0 Å². The minimum atomic E-state index is 0.459. The third kappa shape index (κ3) is 2.34. The zero-order chi connectivity index (χ0) is 10.8. The normalized spacial score (nSPS) is 24.0. The number of hydrogen-bond acceptors (Lipinski definition) is 3. The molecule has 1 saturated heterocycles. The van der Waals surface area contributed by atoms with Crippen LogP contribution in [0.25, 0.3) is 0 Å². The van der Waals surface area contributed by atoms with E-state index >= 15 is 0 Å². The number of anilines is 1. The van der Waals surface area contributed by atoms with Gasteiger partial charge in [-0.25, -0.2) is 4.68 Å². The fourth-order valence-electron chi connectivity index (χ4n) is 2.11. The van der Waals surface area contributed by atoms with Crippen LogP contribution in [-0.2, 0) is 0 Å². The fourth-order valence-corrected chi connectivity index (χ4v) is 2.38. The third-order valence-electron chi connectivity index (χ3n) is 3.05. The lowest BCUT2D eigenvalue weighted by molar-refractivity contribution is 0.337. The molecule has 0 bridgehead atoms. The molecular weight excluding hydrogens is 256 g/mol. The number of likely N-dealkylation sites (tertiary alicyclic amines) is 1. The molecule has 1 atom stereocenters. The average Bonchev–Trinajstić information content (AvgIpc) is 2.43. The topological polar surface area (TPSA) is 47.1 Å². The van der Waals surface area contributed by atoms with Gasteiger partial charge in [0.05, 0.1) is 16.7 Å². The molecule has 1 aromatic heterocycles. The largest absolute Gasteiger partial charge is 0.383 e. The maximum absolute atomic E-state index is 5.96. The molecule has 1 aromatic rings. The van der Waals surface area contributed by atoms with Gasteiger partial charge in [0.1, 0.15) is 5.82 Å². The summed E-state index contributed by atoms with van der Waals surface area (Å²) in [4.78, 5) is 2.37. The Bertz CT molecular complexity index is 336. The Morgan fingerprint density at radius 2 is 2.27 bits per heavy atom. The van der Waals surface area contributed by atoms with Crippen molar-refractivity contribution >= 4 is 21.7 Å².